The third-order valence-corrected chi connectivity index (χ3v) is 6.98. The number of carbonyl (C=O) groups excluding carboxylic acids is 2. The van der Waals surface area contributed by atoms with E-state index in [0.717, 1.165) is 27.8 Å². The minimum absolute atomic E-state index is 0.101. The maximum absolute atomic E-state index is 13.2. The van der Waals surface area contributed by atoms with Gasteiger partial charge in [0.15, 0.2) is 0 Å². The van der Waals surface area contributed by atoms with E-state index in [1.807, 2.05) is 66.7 Å². The third-order valence-electron chi connectivity index (χ3n) is 6.98. The molecule has 0 saturated carbocycles. The van der Waals surface area contributed by atoms with E-state index < -0.39 is 36.2 Å². The molecule has 1 aliphatic rings. The number of carboxylic acids is 1. The smallest absolute Gasteiger partial charge is 0.407 e. The van der Waals surface area contributed by atoms with Crippen LogP contribution >= 0.6 is 0 Å². The summed E-state index contributed by atoms with van der Waals surface area (Å²) in [7, 11) is 0. The van der Waals surface area contributed by atoms with Crippen molar-refractivity contribution >= 4 is 18.0 Å². The zero-order valence-electron chi connectivity index (χ0n) is 22.1. The summed E-state index contributed by atoms with van der Waals surface area (Å²) < 4.78 is 11.6. The molecule has 39 heavy (non-hydrogen) atoms. The lowest BCUT2D eigenvalue weighted by molar-refractivity contribution is -0.138. The minimum atomic E-state index is -1.09. The van der Waals surface area contributed by atoms with Crippen LogP contribution in [-0.2, 0) is 25.7 Å². The number of ether oxygens (including phenoxy) is 2. The first-order valence-electron chi connectivity index (χ1n) is 13.2. The average Bonchev–Trinajstić information content (AvgIpc) is 3.27. The number of fused-ring (bicyclic) bond motifs is 3. The highest BCUT2D eigenvalue weighted by molar-refractivity contribution is 5.87. The van der Waals surface area contributed by atoms with E-state index in [9.17, 15) is 19.5 Å². The summed E-state index contributed by atoms with van der Waals surface area (Å²) in [6.07, 6.45) is -1.26. The second kappa shape index (κ2) is 13.1. The van der Waals surface area contributed by atoms with Gasteiger partial charge in [0, 0.05) is 12.0 Å². The van der Waals surface area contributed by atoms with Crippen molar-refractivity contribution in [1.82, 2.24) is 10.6 Å². The molecule has 204 valence electrons. The Hall–Kier alpha value is -4.17. The molecule has 8 heteroatoms. The van der Waals surface area contributed by atoms with E-state index >= 15 is 0 Å². The van der Waals surface area contributed by atoms with Crippen molar-refractivity contribution in [2.24, 2.45) is 0 Å². The highest BCUT2D eigenvalue weighted by atomic mass is 16.5. The van der Waals surface area contributed by atoms with E-state index in [0.29, 0.717) is 6.42 Å². The number of amides is 2. The largest absolute Gasteiger partial charge is 0.481 e. The van der Waals surface area contributed by atoms with Crippen molar-refractivity contribution in [1.29, 1.82) is 0 Å². The second-order valence-electron chi connectivity index (χ2n) is 9.66. The van der Waals surface area contributed by atoms with Gasteiger partial charge in [-0.3, -0.25) is 9.59 Å². The zero-order valence-corrected chi connectivity index (χ0v) is 22.1. The first-order valence-corrected chi connectivity index (χ1v) is 13.2. The standard InChI is InChI=1S/C31H34N2O6/c1-3-22(17-28(34)35)32-30(36)29(20(2)38-18-21-11-5-4-6-12-21)33-31(37)39-19-27-25-15-9-7-13-23(25)24-14-8-10-16-26(24)27/h4-16,20,22,27,29H,3,17-19H2,1-2H3,(H,32,36)(H,33,37)(H,34,35)/t20?,22-,29?/m1/s1. The predicted molar refractivity (Wildman–Crippen MR) is 147 cm³/mol. The molecule has 0 saturated heterocycles. The van der Waals surface area contributed by atoms with Crippen LogP contribution in [0, 0.1) is 0 Å². The molecule has 0 aromatic heterocycles. The normalized spacial score (nSPS) is 14.4. The van der Waals surface area contributed by atoms with Crippen LogP contribution in [0.5, 0.6) is 0 Å². The van der Waals surface area contributed by atoms with Crippen LogP contribution in [0.3, 0.4) is 0 Å². The Bertz CT molecular complexity index is 1250. The van der Waals surface area contributed by atoms with Gasteiger partial charge in [-0.1, -0.05) is 85.8 Å². The Labute approximate surface area is 228 Å². The summed E-state index contributed by atoms with van der Waals surface area (Å²) in [5.41, 5.74) is 5.32. The molecule has 0 fully saturated rings. The Kier molecular flexibility index (Phi) is 9.33. The van der Waals surface area contributed by atoms with Gasteiger partial charge in [-0.05, 0) is 41.2 Å². The van der Waals surface area contributed by atoms with Crippen molar-refractivity contribution in [3.8, 4) is 11.1 Å². The molecule has 3 N–H and O–H groups in total. The summed E-state index contributed by atoms with van der Waals surface area (Å²) >= 11 is 0. The van der Waals surface area contributed by atoms with Crippen molar-refractivity contribution in [3.63, 3.8) is 0 Å². The molecule has 2 amide bonds. The first kappa shape index (κ1) is 27.9. The highest BCUT2D eigenvalue weighted by Gasteiger charge is 2.32. The van der Waals surface area contributed by atoms with E-state index in [4.69, 9.17) is 9.47 Å². The minimum Gasteiger partial charge on any atom is -0.481 e. The molecular weight excluding hydrogens is 496 g/mol. The van der Waals surface area contributed by atoms with Gasteiger partial charge in [0.05, 0.1) is 19.1 Å². The molecule has 4 rings (SSSR count). The Balaban J connectivity index is 1.44. The fraction of sp³-hybridized carbons (Fsp3) is 0.323. The lowest BCUT2D eigenvalue weighted by Crippen LogP contribution is -2.55. The number of carbonyl (C=O) groups is 3. The van der Waals surface area contributed by atoms with E-state index in [2.05, 4.69) is 22.8 Å². The molecular formula is C31H34N2O6. The van der Waals surface area contributed by atoms with Crippen LogP contribution in [0.2, 0.25) is 0 Å². The summed E-state index contributed by atoms with van der Waals surface area (Å²) in [6, 6.07) is 23.9. The van der Waals surface area contributed by atoms with Crippen LogP contribution in [0.4, 0.5) is 4.79 Å². The van der Waals surface area contributed by atoms with Crippen LogP contribution in [-0.4, -0.2) is 47.9 Å². The number of nitrogens with one attached hydrogen (secondary N) is 2. The Morgan fingerprint density at radius 1 is 0.872 bits per heavy atom. The Morgan fingerprint density at radius 3 is 2.05 bits per heavy atom. The number of carboxylic acid groups (broad SMARTS) is 1. The van der Waals surface area contributed by atoms with Crippen LogP contribution in [0.15, 0.2) is 78.9 Å². The third kappa shape index (κ3) is 7.03. The molecule has 0 heterocycles. The van der Waals surface area contributed by atoms with Gasteiger partial charge in [-0.25, -0.2) is 4.79 Å². The van der Waals surface area contributed by atoms with E-state index in [-0.39, 0.29) is 25.6 Å². The molecule has 3 aromatic rings. The van der Waals surface area contributed by atoms with Gasteiger partial charge in [0.25, 0.3) is 0 Å². The molecule has 0 bridgehead atoms. The van der Waals surface area contributed by atoms with Gasteiger partial charge < -0.3 is 25.2 Å². The fourth-order valence-electron chi connectivity index (χ4n) is 4.86. The number of rotatable bonds is 12. The zero-order chi connectivity index (χ0) is 27.8. The van der Waals surface area contributed by atoms with Gasteiger partial charge in [-0.15, -0.1) is 0 Å². The molecule has 0 spiro atoms. The summed E-state index contributed by atoms with van der Waals surface area (Å²) in [5, 5.41) is 14.6. The fourth-order valence-corrected chi connectivity index (χ4v) is 4.86. The molecule has 1 aliphatic carbocycles. The van der Waals surface area contributed by atoms with Crippen molar-refractivity contribution in [3.05, 3.63) is 95.6 Å². The topological polar surface area (TPSA) is 114 Å². The molecule has 3 atom stereocenters. The lowest BCUT2D eigenvalue weighted by Gasteiger charge is -2.27. The van der Waals surface area contributed by atoms with Gasteiger partial charge in [0.2, 0.25) is 5.91 Å². The Morgan fingerprint density at radius 2 is 1.46 bits per heavy atom. The molecule has 2 unspecified atom stereocenters. The first-order chi connectivity index (χ1) is 18.9. The predicted octanol–water partition coefficient (Wildman–Crippen LogP) is 4.87. The summed E-state index contributed by atoms with van der Waals surface area (Å²) in [6.45, 7) is 3.82. The number of hydrogen-bond acceptors (Lipinski definition) is 5. The molecule has 0 aliphatic heterocycles. The van der Waals surface area contributed by atoms with Gasteiger partial charge >= 0.3 is 12.1 Å². The lowest BCUT2D eigenvalue weighted by atomic mass is 9.98. The maximum Gasteiger partial charge on any atom is 0.407 e. The van der Waals surface area contributed by atoms with Crippen LogP contribution in [0.25, 0.3) is 11.1 Å². The average molecular weight is 531 g/mol. The SMILES string of the molecule is CC[C@H](CC(=O)O)NC(=O)C(NC(=O)OCC1c2ccccc2-c2ccccc21)C(C)OCc1ccccc1. The van der Waals surface area contributed by atoms with E-state index in [1.54, 1.807) is 13.8 Å². The van der Waals surface area contributed by atoms with Crippen LogP contribution < -0.4 is 10.6 Å². The van der Waals surface area contributed by atoms with Crippen molar-refractivity contribution in [2.45, 2.75) is 57.4 Å². The monoisotopic (exact) mass is 530 g/mol. The molecule has 8 nitrogen and oxygen atoms in total. The molecule has 0 radical (unpaired) electrons. The number of hydrogen-bond donors (Lipinski definition) is 3. The van der Waals surface area contributed by atoms with E-state index in [1.165, 1.54) is 0 Å². The maximum atomic E-state index is 13.2. The van der Waals surface area contributed by atoms with Crippen molar-refractivity contribution in [2.75, 3.05) is 6.61 Å². The number of alkyl carbamates (subject to hydrolysis) is 1. The summed E-state index contributed by atoms with van der Waals surface area (Å²) in [4.78, 5) is 37.4. The number of aliphatic carboxylic acids is 1. The highest BCUT2D eigenvalue weighted by Crippen LogP contribution is 2.44. The quantitative estimate of drug-likeness (QED) is 0.308. The molecule has 3 aromatic carbocycles. The number of benzene rings is 3. The van der Waals surface area contributed by atoms with Gasteiger partial charge in [0.1, 0.15) is 12.6 Å². The second-order valence-corrected chi connectivity index (χ2v) is 9.66. The van der Waals surface area contributed by atoms with Crippen molar-refractivity contribution < 1.29 is 29.0 Å². The van der Waals surface area contributed by atoms with Gasteiger partial charge in [-0.2, -0.15) is 0 Å². The van der Waals surface area contributed by atoms with Crippen LogP contribution in [0.1, 0.15) is 49.3 Å². The summed E-state index contributed by atoms with van der Waals surface area (Å²) in [5.74, 6) is -1.67.